The number of anilines is 1. The maximum Gasteiger partial charge on any atom is 0.222 e. The standard InChI is InChI=1S/C20H28N4OS/c1-4-5-6-19(25)24-12-11-23(14-16(24)3)20-21-18(22-26-20)13-17-9-7-15(2)8-10-17/h7-10,16H,4-6,11-14H2,1-3H3/t16-/m0/s1. The molecule has 1 aromatic heterocycles. The van der Waals surface area contributed by atoms with E-state index in [2.05, 4.69) is 54.3 Å². The van der Waals surface area contributed by atoms with Gasteiger partial charge in [0.15, 0.2) is 0 Å². The topological polar surface area (TPSA) is 49.3 Å². The molecule has 0 spiro atoms. The number of amides is 1. The van der Waals surface area contributed by atoms with E-state index in [1.165, 1.54) is 22.7 Å². The third-order valence-corrected chi connectivity index (χ3v) is 5.72. The lowest BCUT2D eigenvalue weighted by atomic mass is 10.1. The molecular formula is C20H28N4OS. The summed E-state index contributed by atoms with van der Waals surface area (Å²) in [6, 6.07) is 8.74. The number of rotatable bonds is 6. The summed E-state index contributed by atoms with van der Waals surface area (Å²) in [5, 5.41) is 0.972. The van der Waals surface area contributed by atoms with E-state index in [9.17, 15) is 4.79 Å². The lowest BCUT2D eigenvalue weighted by Gasteiger charge is -2.39. The summed E-state index contributed by atoms with van der Waals surface area (Å²) in [5.41, 5.74) is 2.50. The Morgan fingerprint density at radius 1 is 1.27 bits per heavy atom. The Labute approximate surface area is 160 Å². The van der Waals surface area contributed by atoms with E-state index in [4.69, 9.17) is 4.98 Å². The number of hydrogen-bond donors (Lipinski definition) is 0. The molecule has 1 aliphatic heterocycles. The highest BCUT2D eigenvalue weighted by Gasteiger charge is 2.28. The number of benzene rings is 1. The van der Waals surface area contributed by atoms with Crippen molar-refractivity contribution < 1.29 is 4.79 Å². The number of nitrogens with zero attached hydrogens (tertiary/aromatic N) is 4. The lowest BCUT2D eigenvalue weighted by molar-refractivity contribution is -0.133. The van der Waals surface area contributed by atoms with Gasteiger partial charge in [-0.3, -0.25) is 4.79 Å². The Bertz CT molecular complexity index is 728. The molecule has 1 aromatic carbocycles. The van der Waals surface area contributed by atoms with Gasteiger partial charge in [0, 0.05) is 50.1 Å². The number of hydrogen-bond acceptors (Lipinski definition) is 5. The van der Waals surface area contributed by atoms with Gasteiger partial charge in [-0.2, -0.15) is 4.37 Å². The van der Waals surface area contributed by atoms with Gasteiger partial charge in [0.1, 0.15) is 5.82 Å². The van der Waals surface area contributed by atoms with Crippen LogP contribution in [0.5, 0.6) is 0 Å². The third kappa shape index (κ3) is 4.61. The minimum absolute atomic E-state index is 0.220. The molecular weight excluding hydrogens is 344 g/mol. The van der Waals surface area contributed by atoms with Crippen molar-refractivity contribution in [3.05, 3.63) is 41.2 Å². The highest BCUT2D eigenvalue weighted by molar-refractivity contribution is 7.09. The summed E-state index contributed by atoms with van der Waals surface area (Å²) in [6.07, 6.45) is 3.47. The van der Waals surface area contributed by atoms with Gasteiger partial charge in [-0.15, -0.1) is 0 Å². The Balaban J connectivity index is 1.58. The molecule has 1 fully saturated rings. The molecule has 1 saturated heterocycles. The maximum atomic E-state index is 12.3. The van der Waals surface area contributed by atoms with Crippen molar-refractivity contribution in [1.29, 1.82) is 0 Å². The zero-order chi connectivity index (χ0) is 18.5. The van der Waals surface area contributed by atoms with E-state index < -0.39 is 0 Å². The fraction of sp³-hybridized carbons (Fsp3) is 0.550. The Hall–Kier alpha value is -1.95. The van der Waals surface area contributed by atoms with Crippen LogP contribution in [-0.2, 0) is 11.2 Å². The zero-order valence-corrected chi connectivity index (χ0v) is 16.8. The van der Waals surface area contributed by atoms with Crippen LogP contribution in [-0.4, -0.2) is 45.8 Å². The first-order chi connectivity index (χ1) is 12.6. The summed E-state index contributed by atoms with van der Waals surface area (Å²) in [7, 11) is 0. The van der Waals surface area contributed by atoms with Gasteiger partial charge < -0.3 is 9.80 Å². The molecule has 0 aliphatic carbocycles. The zero-order valence-electron chi connectivity index (χ0n) is 15.9. The van der Waals surface area contributed by atoms with Crippen LogP contribution < -0.4 is 4.90 Å². The second-order valence-electron chi connectivity index (χ2n) is 7.14. The molecule has 0 N–H and O–H groups in total. The fourth-order valence-electron chi connectivity index (χ4n) is 3.31. The first kappa shape index (κ1) is 18.8. The van der Waals surface area contributed by atoms with E-state index in [0.29, 0.717) is 6.42 Å². The molecule has 0 unspecified atom stereocenters. The van der Waals surface area contributed by atoms with Gasteiger partial charge in [-0.25, -0.2) is 4.98 Å². The van der Waals surface area contributed by atoms with Gasteiger partial charge in [0.05, 0.1) is 0 Å². The van der Waals surface area contributed by atoms with Crippen LogP contribution in [0.1, 0.15) is 50.1 Å². The molecule has 0 radical (unpaired) electrons. The van der Waals surface area contributed by atoms with Crippen LogP contribution in [0.3, 0.4) is 0 Å². The van der Waals surface area contributed by atoms with Crippen molar-refractivity contribution >= 4 is 22.6 Å². The number of unbranched alkanes of at least 4 members (excludes halogenated alkanes) is 1. The Morgan fingerprint density at radius 2 is 2.04 bits per heavy atom. The first-order valence-electron chi connectivity index (χ1n) is 9.49. The van der Waals surface area contributed by atoms with Gasteiger partial charge >= 0.3 is 0 Å². The minimum Gasteiger partial charge on any atom is -0.343 e. The normalized spacial score (nSPS) is 17.6. The molecule has 2 aromatic rings. The van der Waals surface area contributed by atoms with E-state index in [0.717, 1.165) is 49.9 Å². The van der Waals surface area contributed by atoms with E-state index in [-0.39, 0.29) is 11.9 Å². The lowest BCUT2D eigenvalue weighted by Crippen LogP contribution is -2.54. The molecule has 0 saturated carbocycles. The number of carbonyl (C=O) groups is 1. The van der Waals surface area contributed by atoms with Crippen LogP contribution >= 0.6 is 11.5 Å². The average Bonchev–Trinajstić information content (AvgIpc) is 3.10. The molecule has 6 heteroatoms. The smallest absolute Gasteiger partial charge is 0.222 e. The third-order valence-electron chi connectivity index (χ3n) is 4.90. The molecule has 1 aliphatic rings. The van der Waals surface area contributed by atoms with Crippen LogP contribution in [0, 0.1) is 6.92 Å². The monoisotopic (exact) mass is 372 g/mol. The average molecular weight is 373 g/mol. The molecule has 1 amide bonds. The second kappa shape index (κ2) is 8.62. The van der Waals surface area contributed by atoms with Crippen molar-refractivity contribution in [3.8, 4) is 0 Å². The number of aromatic nitrogens is 2. The quantitative estimate of drug-likeness (QED) is 0.776. The van der Waals surface area contributed by atoms with Gasteiger partial charge in [-0.05, 0) is 25.8 Å². The summed E-state index contributed by atoms with van der Waals surface area (Å²) >= 11 is 1.47. The van der Waals surface area contributed by atoms with Gasteiger partial charge in [-0.1, -0.05) is 43.2 Å². The maximum absolute atomic E-state index is 12.3. The molecule has 3 rings (SSSR count). The first-order valence-corrected chi connectivity index (χ1v) is 10.3. The van der Waals surface area contributed by atoms with Crippen molar-refractivity contribution in [2.75, 3.05) is 24.5 Å². The Morgan fingerprint density at radius 3 is 2.73 bits per heavy atom. The molecule has 5 nitrogen and oxygen atoms in total. The van der Waals surface area contributed by atoms with Crippen LogP contribution in [0.15, 0.2) is 24.3 Å². The Kier molecular flexibility index (Phi) is 6.25. The predicted molar refractivity (Wildman–Crippen MR) is 107 cm³/mol. The summed E-state index contributed by atoms with van der Waals surface area (Å²) in [5.74, 6) is 1.17. The van der Waals surface area contributed by atoms with Crippen LogP contribution in [0.4, 0.5) is 5.13 Å². The molecule has 26 heavy (non-hydrogen) atoms. The van der Waals surface area contributed by atoms with Gasteiger partial charge in [0.2, 0.25) is 11.0 Å². The molecule has 2 heterocycles. The van der Waals surface area contributed by atoms with Crippen molar-refractivity contribution in [3.63, 3.8) is 0 Å². The van der Waals surface area contributed by atoms with Crippen molar-refractivity contribution in [2.24, 2.45) is 0 Å². The minimum atomic E-state index is 0.220. The number of carbonyl (C=O) groups excluding carboxylic acids is 1. The summed E-state index contributed by atoms with van der Waals surface area (Å²) in [6.45, 7) is 8.79. The SMILES string of the molecule is CCCCC(=O)N1CCN(c2nc(Cc3ccc(C)cc3)ns2)C[C@@H]1C. The molecule has 140 valence electrons. The molecule has 0 bridgehead atoms. The van der Waals surface area contributed by atoms with Crippen molar-refractivity contribution in [2.45, 2.75) is 52.5 Å². The molecule has 1 atom stereocenters. The second-order valence-corrected chi connectivity index (χ2v) is 7.87. The number of aryl methyl sites for hydroxylation is 1. The van der Waals surface area contributed by atoms with Crippen LogP contribution in [0.2, 0.25) is 0 Å². The van der Waals surface area contributed by atoms with Crippen LogP contribution in [0.25, 0.3) is 0 Å². The predicted octanol–water partition coefficient (Wildman–Crippen LogP) is 3.66. The number of piperazine rings is 1. The summed E-state index contributed by atoms with van der Waals surface area (Å²) in [4.78, 5) is 21.4. The largest absolute Gasteiger partial charge is 0.343 e. The summed E-state index contributed by atoms with van der Waals surface area (Å²) < 4.78 is 4.54. The van der Waals surface area contributed by atoms with Crippen molar-refractivity contribution in [1.82, 2.24) is 14.3 Å². The fourth-order valence-corrected chi connectivity index (χ4v) is 4.03. The van der Waals surface area contributed by atoms with E-state index in [1.807, 2.05) is 4.90 Å². The highest BCUT2D eigenvalue weighted by atomic mass is 32.1. The van der Waals surface area contributed by atoms with E-state index in [1.54, 1.807) is 0 Å². The van der Waals surface area contributed by atoms with Gasteiger partial charge in [0.25, 0.3) is 0 Å². The highest BCUT2D eigenvalue weighted by Crippen LogP contribution is 2.23. The van der Waals surface area contributed by atoms with E-state index >= 15 is 0 Å².